The van der Waals surface area contributed by atoms with Crippen LogP contribution in [0.1, 0.15) is 4.88 Å². The number of nitrogens with zero attached hydrogens (tertiary/aromatic N) is 3. The fourth-order valence-corrected chi connectivity index (χ4v) is 4.08. The molecule has 2 rings (SSSR count). The van der Waals surface area contributed by atoms with Crippen molar-refractivity contribution in [2.45, 2.75) is 11.3 Å². The van der Waals surface area contributed by atoms with Crippen molar-refractivity contribution in [1.29, 1.82) is 0 Å². The summed E-state index contributed by atoms with van der Waals surface area (Å²) in [7, 11) is 2.01. The number of thiophene rings is 1. The van der Waals surface area contributed by atoms with Crippen molar-refractivity contribution >= 4 is 27.3 Å². The zero-order valence-electron chi connectivity index (χ0n) is 14.8. The largest absolute Gasteiger partial charge is 0.356 e. The maximum Gasteiger partial charge on any atom is 0.242 e. The van der Waals surface area contributed by atoms with Crippen LogP contribution >= 0.6 is 11.3 Å². The highest BCUT2D eigenvalue weighted by Gasteiger charge is 2.14. The van der Waals surface area contributed by atoms with Gasteiger partial charge in [0, 0.05) is 58.0 Å². The molecule has 0 atom stereocenters. The van der Waals surface area contributed by atoms with E-state index in [9.17, 15) is 8.42 Å². The van der Waals surface area contributed by atoms with Gasteiger partial charge in [0.05, 0.1) is 4.90 Å². The van der Waals surface area contributed by atoms with E-state index < -0.39 is 10.0 Å². The highest BCUT2D eigenvalue weighted by molar-refractivity contribution is 7.89. The van der Waals surface area contributed by atoms with Gasteiger partial charge in [-0.05, 0) is 23.9 Å². The summed E-state index contributed by atoms with van der Waals surface area (Å²) in [5, 5.41) is 5.25. The Labute approximate surface area is 153 Å². The van der Waals surface area contributed by atoms with Crippen molar-refractivity contribution in [3.05, 3.63) is 40.8 Å². The van der Waals surface area contributed by atoms with Gasteiger partial charge >= 0.3 is 0 Å². The lowest BCUT2D eigenvalue weighted by Crippen LogP contribution is -2.43. The SMILES string of the molecule is CN=C(NCCNS(=O)(=O)c1ccn(C)c1)N(C)CCc1cccs1. The molecule has 0 saturated carbocycles. The second kappa shape index (κ2) is 9.02. The Balaban J connectivity index is 1.75. The van der Waals surface area contributed by atoms with Gasteiger partial charge in [-0.25, -0.2) is 13.1 Å². The molecule has 0 amide bonds. The number of rotatable bonds is 8. The standard InChI is InChI=1S/C16H25N5O2S2/c1-17-16(21(3)11-6-14-5-4-12-24-14)18-8-9-19-25(22,23)15-7-10-20(2)13-15/h4-5,7,10,12-13,19H,6,8-9,11H2,1-3H3,(H,17,18). The van der Waals surface area contributed by atoms with Gasteiger partial charge in [-0.2, -0.15) is 0 Å². The number of guanidine groups is 1. The molecule has 25 heavy (non-hydrogen) atoms. The molecule has 0 aliphatic rings. The van der Waals surface area contributed by atoms with E-state index in [2.05, 4.69) is 26.5 Å². The molecular formula is C16H25N5O2S2. The van der Waals surface area contributed by atoms with Crippen LogP contribution in [0.5, 0.6) is 0 Å². The van der Waals surface area contributed by atoms with E-state index in [4.69, 9.17) is 0 Å². The molecular weight excluding hydrogens is 358 g/mol. The lowest BCUT2D eigenvalue weighted by molar-refractivity contribution is 0.486. The zero-order valence-corrected chi connectivity index (χ0v) is 16.4. The monoisotopic (exact) mass is 383 g/mol. The quantitative estimate of drug-likeness (QED) is 0.407. The molecule has 0 unspecified atom stereocenters. The highest BCUT2D eigenvalue weighted by Crippen LogP contribution is 2.09. The van der Waals surface area contributed by atoms with Gasteiger partial charge < -0.3 is 14.8 Å². The van der Waals surface area contributed by atoms with Crippen LogP contribution in [-0.2, 0) is 23.5 Å². The molecule has 0 aliphatic heterocycles. The molecule has 0 aromatic carbocycles. The van der Waals surface area contributed by atoms with Crippen LogP contribution in [0, 0.1) is 0 Å². The van der Waals surface area contributed by atoms with Crippen LogP contribution in [-0.4, -0.2) is 57.6 Å². The molecule has 9 heteroatoms. The molecule has 0 spiro atoms. The van der Waals surface area contributed by atoms with Crippen molar-refractivity contribution in [1.82, 2.24) is 19.5 Å². The van der Waals surface area contributed by atoms with Crippen molar-refractivity contribution in [3.63, 3.8) is 0 Å². The fourth-order valence-electron chi connectivity index (χ4n) is 2.30. The first kappa shape index (κ1) is 19.5. The number of aromatic nitrogens is 1. The summed E-state index contributed by atoms with van der Waals surface area (Å²) in [6, 6.07) is 5.74. The van der Waals surface area contributed by atoms with Gasteiger partial charge in [-0.15, -0.1) is 11.3 Å². The minimum atomic E-state index is -3.47. The van der Waals surface area contributed by atoms with E-state index in [1.807, 2.05) is 18.0 Å². The average Bonchev–Trinajstić information content (AvgIpc) is 3.24. The molecule has 138 valence electrons. The molecule has 0 radical (unpaired) electrons. The third-order valence-corrected chi connectivity index (χ3v) is 6.04. The molecule has 2 aromatic heterocycles. The second-order valence-corrected chi connectivity index (χ2v) is 8.43. The van der Waals surface area contributed by atoms with E-state index in [-0.39, 0.29) is 11.4 Å². The lowest BCUT2D eigenvalue weighted by Gasteiger charge is -2.21. The van der Waals surface area contributed by atoms with Crippen LogP contribution in [0.2, 0.25) is 0 Å². The Kier molecular flexibility index (Phi) is 7.03. The van der Waals surface area contributed by atoms with Crippen LogP contribution in [0.3, 0.4) is 0 Å². The van der Waals surface area contributed by atoms with E-state index in [1.165, 1.54) is 4.88 Å². The summed E-state index contributed by atoms with van der Waals surface area (Å²) in [4.78, 5) is 7.87. The third kappa shape index (κ3) is 5.87. The Morgan fingerprint density at radius 2 is 2.16 bits per heavy atom. The molecule has 0 saturated heterocycles. The minimum absolute atomic E-state index is 0.271. The van der Waals surface area contributed by atoms with Crippen molar-refractivity contribution in [3.8, 4) is 0 Å². The average molecular weight is 384 g/mol. The highest BCUT2D eigenvalue weighted by atomic mass is 32.2. The minimum Gasteiger partial charge on any atom is -0.356 e. The Bertz CT molecular complexity index is 781. The van der Waals surface area contributed by atoms with Crippen molar-refractivity contribution in [2.24, 2.45) is 12.0 Å². The van der Waals surface area contributed by atoms with Crippen LogP contribution in [0.25, 0.3) is 0 Å². The maximum atomic E-state index is 12.1. The van der Waals surface area contributed by atoms with Crippen molar-refractivity contribution in [2.75, 3.05) is 33.7 Å². The summed E-state index contributed by atoms with van der Waals surface area (Å²) in [5.74, 6) is 0.746. The Hall–Kier alpha value is -1.84. The smallest absolute Gasteiger partial charge is 0.242 e. The lowest BCUT2D eigenvalue weighted by atomic mass is 10.3. The van der Waals surface area contributed by atoms with Crippen LogP contribution < -0.4 is 10.0 Å². The van der Waals surface area contributed by atoms with Gasteiger partial charge in [0.15, 0.2) is 5.96 Å². The van der Waals surface area contributed by atoms with Crippen LogP contribution in [0.4, 0.5) is 0 Å². The number of sulfonamides is 1. The summed E-state index contributed by atoms with van der Waals surface area (Å²) in [6.45, 7) is 1.59. The van der Waals surface area contributed by atoms with Crippen LogP contribution in [0.15, 0.2) is 45.9 Å². The Morgan fingerprint density at radius 3 is 2.76 bits per heavy atom. The summed E-state index contributed by atoms with van der Waals surface area (Å²) in [5.41, 5.74) is 0. The van der Waals surface area contributed by atoms with Gasteiger partial charge in [0.1, 0.15) is 0 Å². The third-order valence-electron chi connectivity index (χ3n) is 3.66. The topological polar surface area (TPSA) is 78.7 Å². The zero-order chi connectivity index (χ0) is 18.3. The van der Waals surface area contributed by atoms with E-state index in [0.717, 1.165) is 18.9 Å². The normalized spacial score (nSPS) is 12.4. The second-order valence-electron chi connectivity index (χ2n) is 5.64. The maximum absolute atomic E-state index is 12.1. The molecule has 0 aliphatic carbocycles. The predicted octanol–water partition coefficient (Wildman–Crippen LogP) is 1.11. The van der Waals surface area contributed by atoms with Gasteiger partial charge in [-0.3, -0.25) is 4.99 Å². The molecule has 0 fully saturated rings. The molecule has 2 aromatic rings. The van der Waals surface area contributed by atoms with Crippen molar-refractivity contribution < 1.29 is 8.42 Å². The van der Waals surface area contributed by atoms with Gasteiger partial charge in [0.2, 0.25) is 10.0 Å². The Morgan fingerprint density at radius 1 is 1.36 bits per heavy atom. The summed E-state index contributed by atoms with van der Waals surface area (Å²) >= 11 is 1.74. The molecule has 7 nitrogen and oxygen atoms in total. The molecule has 0 bridgehead atoms. The van der Waals surface area contributed by atoms with E-state index in [1.54, 1.807) is 48.5 Å². The number of aryl methyl sites for hydroxylation is 1. The molecule has 2 heterocycles. The van der Waals surface area contributed by atoms with E-state index in [0.29, 0.717) is 6.54 Å². The summed E-state index contributed by atoms with van der Waals surface area (Å²) < 4.78 is 28.6. The number of likely N-dealkylation sites (N-methyl/N-ethyl adjacent to an activating group) is 1. The van der Waals surface area contributed by atoms with Gasteiger partial charge in [0.25, 0.3) is 0 Å². The number of hydrogen-bond acceptors (Lipinski definition) is 4. The van der Waals surface area contributed by atoms with E-state index >= 15 is 0 Å². The van der Waals surface area contributed by atoms with Gasteiger partial charge in [-0.1, -0.05) is 6.07 Å². The first-order chi connectivity index (χ1) is 11.9. The summed E-state index contributed by atoms with van der Waals surface area (Å²) in [6.07, 6.45) is 4.24. The molecule has 2 N–H and O–H groups in total. The number of nitrogens with one attached hydrogen (secondary N) is 2. The first-order valence-electron chi connectivity index (χ1n) is 7.98. The first-order valence-corrected chi connectivity index (χ1v) is 10.3. The fraction of sp³-hybridized carbons (Fsp3) is 0.438. The number of hydrogen-bond donors (Lipinski definition) is 2. The predicted molar refractivity (Wildman–Crippen MR) is 103 cm³/mol. The number of aliphatic imine (C=N–C) groups is 1.